The maximum Gasteiger partial charge on any atom is 0.147 e. The fourth-order valence-electron chi connectivity index (χ4n) is 1.32. The first-order valence-electron chi connectivity index (χ1n) is 5.32. The van der Waals surface area contributed by atoms with Crippen molar-refractivity contribution in [2.75, 3.05) is 24.0 Å². The van der Waals surface area contributed by atoms with E-state index in [2.05, 4.69) is 28.0 Å². The molecule has 0 amide bonds. The lowest BCUT2D eigenvalue weighted by Gasteiger charge is -2.25. The van der Waals surface area contributed by atoms with Gasteiger partial charge in [0.1, 0.15) is 5.82 Å². The quantitative estimate of drug-likeness (QED) is 0.819. The fourth-order valence-corrected chi connectivity index (χ4v) is 1.90. The number of anilines is 1. The van der Waals surface area contributed by atoms with Gasteiger partial charge in [0.2, 0.25) is 0 Å². The van der Waals surface area contributed by atoms with Crippen LogP contribution in [-0.2, 0) is 6.61 Å². The predicted molar refractivity (Wildman–Crippen MR) is 68.8 cm³/mol. The summed E-state index contributed by atoms with van der Waals surface area (Å²) in [6.45, 7) is 2.12. The number of nitrogens with zero attached hydrogens (tertiary/aromatic N) is 3. The molecule has 1 atom stereocenters. The van der Waals surface area contributed by atoms with Crippen LogP contribution >= 0.6 is 11.8 Å². The van der Waals surface area contributed by atoms with Crippen LogP contribution in [0.3, 0.4) is 0 Å². The molecule has 0 spiro atoms. The van der Waals surface area contributed by atoms with Crippen molar-refractivity contribution in [1.29, 1.82) is 0 Å². The highest BCUT2D eigenvalue weighted by Gasteiger charge is 2.10. The topological polar surface area (TPSA) is 49.2 Å². The molecule has 0 aliphatic heterocycles. The zero-order valence-electron chi connectivity index (χ0n) is 10.1. The smallest absolute Gasteiger partial charge is 0.147 e. The van der Waals surface area contributed by atoms with Gasteiger partial charge in [0.05, 0.1) is 24.7 Å². The minimum absolute atomic E-state index is 0.0565. The van der Waals surface area contributed by atoms with E-state index in [1.165, 1.54) is 0 Å². The first kappa shape index (κ1) is 13.3. The highest BCUT2D eigenvalue weighted by molar-refractivity contribution is 7.98. The van der Waals surface area contributed by atoms with E-state index < -0.39 is 0 Å². The average Bonchev–Trinajstić information content (AvgIpc) is 2.35. The summed E-state index contributed by atoms with van der Waals surface area (Å²) in [5.41, 5.74) is 0.605. The standard InChI is InChI=1S/C11H19N3OS/c1-9(4-5-16-3)14(2)11-7-12-10(8-15)6-13-11/h6-7,9,15H,4-5,8H2,1-3H3. The molecule has 0 bridgehead atoms. The minimum Gasteiger partial charge on any atom is -0.390 e. The second kappa shape index (κ2) is 6.70. The van der Waals surface area contributed by atoms with Crippen LogP contribution in [0.4, 0.5) is 5.82 Å². The van der Waals surface area contributed by atoms with E-state index >= 15 is 0 Å². The lowest BCUT2D eigenvalue weighted by Crippen LogP contribution is -2.30. The van der Waals surface area contributed by atoms with Crippen molar-refractivity contribution in [2.24, 2.45) is 0 Å². The zero-order valence-corrected chi connectivity index (χ0v) is 10.9. The molecular weight excluding hydrogens is 222 g/mol. The van der Waals surface area contributed by atoms with Crippen LogP contribution in [0.15, 0.2) is 12.4 Å². The van der Waals surface area contributed by atoms with Gasteiger partial charge < -0.3 is 10.0 Å². The third kappa shape index (κ3) is 3.64. The van der Waals surface area contributed by atoms with Crippen molar-refractivity contribution in [3.8, 4) is 0 Å². The lowest BCUT2D eigenvalue weighted by molar-refractivity contribution is 0.276. The molecular formula is C11H19N3OS. The Hall–Kier alpha value is -0.810. The van der Waals surface area contributed by atoms with Gasteiger partial charge >= 0.3 is 0 Å². The summed E-state index contributed by atoms with van der Waals surface area (Å²) >= 11 is 1.85. The van der Waals surface area contributed by atoms with Gasteiger partial charge in [-0.05, 0) is 25.4 Å². The van der Waals surface area contributed by atoms with Crippen molar-refractivity contribution in [3.05, 3.63) is 18.1 Å². The summed E-state index contributed by atoms with van der Waals surface area (Å²) in [6.07, 6.45) is 6.57. The second-order valence-corrected chi connectivity index (χ2v) is 4.75. The molecule has 0 aromatic carbocycles. The maximum atomic E-state index is 8.87. The molecule has 0 saturated carbocycles. The van der Waals surface area contributed by atoms with Gasteiger partial charge in [0.15, 0.2) is 0 Å². The van der Waals surface area contributed by atoms with Gasteiger partial charge in [-0.2, -0.15) is 11.8 Å². The largest absolute Gasteiger partial charge is 0.390 e. The number of aliphatic hydroxyl groups excluding tert-OH is 1. The second-order valence-electron chi connectivity index (χ2n) is 3.77. The lowest BCUT2D eigenvalue weighted by atomic mass is 10.2. The zero-order chi connectivity index (χ0) is 12.0. The van der Waals surface area contributed by atoms with Gasteiger partial charge in [-0.3, -0.25) is 4.98 Å². The molecule has 4 nitrogen and oxygen atoms in total. The van der Waals surface area contributed by atoms with Crippen LogP contribution in [0.1, 0.15) is 19.0 Å². The minimum atomic E-state index is -0.0565. The molecule has 5 heteroatoms. The fraction of sp³-hybridized carbons (Fsp3) is 0.636. The molecule has 0 aliphatic carbocycles. The SMILES string of the molecule is CSCCC(C)N(C)c1cnc(CO)cn1. The first-order valence-corrected chi connectivity index (χ1v) is 6.72. The Morgan fingerprint density at radius 1 is 1.44 bits per heavy atom. The van der Waals surface area contributed by atoms with Gasteiger partial charge in [-0.15, -0.1) is 0 Å². The molecule has 16 heavy (non-hydrogen) atoms. The van der Waals surface area contributed by atoms with Crippen LogP contribution in [0, 0.1) is 0 Å². The number of aliphatic hydroxyl groups is 1. The molecule has 1 aromatic heterocycles. The normalized spacial score (nSPS) is 12.5. The van der Waals surface area contributed by atoms with Crippen LogP contribution in [0.2, 0.25) is 0 Å². The van der Waals surface area contributed by atoms with Gasteiger partial charge in [-0.25, -0.2) is 4.98 Å². The third-order valence-corrected chi connectivity index (χ3v) is 3.26. The summed E-state index contributed by atoms with van der Waals surface area (Å²) in [4.78, 5) is 10.5. The van der Waals surface area contributed by atoms with Crippen LogP contribution in [0.5, 0.6) is 0 Å². The van der Waals surface area contributed by atoms with E-state index in [4.69, 9.17) is 5.11 Å². The Labute approximate surface area is 101 Å². The van der Waals surface area contributed by atoms with Gasteiger partial charge in [0.25, 0.3) is 0 Å². The van der Waals surface area contributed by atoms with Crippen molar-refractivity contribution >= 4 is 17.6 Å². The molecule has 0 saturated heterocycles. The van der Waals surface area contributed by atoms with Crippen molar-refractivity contribution < 1.29 is 5.11 Å². The molecule has 1 N–H and O–H groups in total. The summed E-state index contributed by atoms with van der Waals surface area (Å²) in [5.74, 6) is 2.00. The van der Waals surface area contributed by atoms with Gasteiger partial charge in [0, 0.05) is 13.1 Å². The summed E-state index contributed by atoms with van der Waals surface area (Å²) in [5, 5.41) is 8.87. The summed E-state index contributed by atoms with van der Waals surface area (Å²) < 4.78 is 0. The summed E-state index contributed by atoms with van der Waals surface area (Å²) in [6, 6.07) is 0.446. The molecule has 1 rings (SSSR count). The van der Waals surface area contributed by atoms with E-state index in [1.807, 2.05) is 18.8 Å². The van der Waals surface area contributed by atoms with E-state index in [9.17, 15) is 0 Å². The molecule has 1 heterocycles. The van der Waals surface area contributed by atoms with E-state index in [0.717, 1.165) is 18.0 Å². The van der Waals surface area contributed by atoms with Crippen LogP contribution in [-0.4, -0.2) is 40.2 Å². The van der Waals surface area contributed by atoms with Crippen LogP contribution < -0.4 is 4.90 Å². The van der Waals surface area contributed by atoms with E-state index in [0.29, 0.717) is 11.7 Å². The Kier molecular flexibility index (Phi) is 5.55. The highest BCUT2D eigenvalue weighted by Crippen LogP contribution is 2.13. The molecule has 90 valence electrons. The monoisotopic (exact) mass is 241 g/mol. The Morgan fingerprint density at radius 3 is 2.69 bits per heavy atom. The number of aromatic nitrogens is 2. The average molecular weight is 241 g/mol. The highest BCUT2D eigenvalue weighted by atomic mass is 32.2. The Bertz CT molecular complexity index is 305. The van der Waals surface area contributed by atoms with Gasteiger partial charge in [-0.1, -0.05) is 0 Å². The number of hydrogen-bond donors (Lipinski definition) is 1. The van der Waals surface area contributed by atoms with Crippen molar-refractivity contribution in [2.45, 2.75) is 26.0 Å². The predicted octanol–water partition coefficient (Wildman–Crippen LogP) is 1.55. The van der Waals surface area contributed by atoms with E-state index in [1.54, 1.807) is 12.4 Å². The van der Waals surface area contributed by atoms with Crippen LogP contribution in [0.25, 0.3) is 0 Å². The van der Waals surface area contributed by atoms with Crippen molar-refractivity contribution in [1.82, 2.24) is 9.97 Å². The number of rotatable bonds is 6. The van der Waals surface area contributed by atoms with Crippen molar-refractivity contribution in [3.63, 3.8) is 0 Å². The summed E-state index contributed by atoms with van der Waals surface area (Å²) in [7, 11) is 2.02. The first-order chi connectivity index (χ1) is 7.69. The molecule has 1 aromatic rings. The number of thioether (sulfide) groups is 1. The molecule has 0 aliphatic rings. The Balaban J connectivity index is 2.60. The number of hydrogen-bond acceptors (Lipinski definition) is 5. The molecule has 0 fully saturated rings. The molecule has 0 radical (unpaired) electrons. The maximum absolute atomic E-state index is 8.87. The molecule has 1 unspecified atom stereocenters. The Morgan fingerprint density at radius 2 is 2.19 bits per heavy atom. The third-order valence-electron chi connectivity index (χ3n) is 2.62. The van der Waals surface area contributed by atoms with E-state index in [-0.39, 0.29) is 6.61 Å².